The number of nitrogens with one attached hydrogen (secondary N) is 3. The highest BCUT2D eigenvalue weighted by Gasteiger charge is 2.26. The molecular formula is C18H33N5O6S. The minimum atomic E-state index is -1.32. The van der Waals surface area contributed by atoms with Gasteiger partial charge in [0.2, 0.25) is 23.6 Å². The Balaban J connectivity index is 4.79. The third-order valence-corrected chi connectivity index (χ3v) is 4.69. The van der Waals surface area contributed by atoms with Crippen molar-refractivity contribution in [1.82, 2.24) is 16.0 Å². The van der Waals surface area contributed by atoms with E-state index in [0.29, 0.717) is 18.6 Å². The molecule has 3 unspecified atom stereocenters. The van der Waals surface area contributed by atoms with Gasteiger partial charge in [-0.05, 0) is 37.2 Å². The van der Waals surface area contributed by atoms with Crippen LogP contribution in [0.3, 0.4) is 0 Å². The van der Waals surface area contributed by atoms with Crippen LogP contribution in [0.4, 0.5) is 0 Å². The number of aliphatic carboxylic acids is 1. The molecule has 0 aromatic carbocycles. The van der Waals surface area contributed by atoms with Crippen molar-refractivity contribution in [1.29, 1.82) is 0 Å². The van der Waals surface area contributed by atoms with Gasteiger partial charge in [-0.2, -0.15) is 11.8 Å². The van der Waals surface area contributed by atoms with Gasteiger partial charge in [-0.1, -0.05) is 13.8 Å². The number of carbonyl (C=O) groups is 5. The normalized spacial score (nSPS) is 13.8. The van der Waals surface area contributed by atoms with Gasteiger partial charge in [-0.15, -0.1) is 0 Å². The third kappa shape index (κ3) is 12.3. The zero-order valence-corrected chi connectivity index (χ0v) is 18.4. The largest absolute Gasteiger partial charge is 0.480 e. The first-order chi connectivity index (χ1) is 14.0. The van der Waals surface area contributed by atoms with Gasteiger partial charge in [-0.25, -0.2) is 4.79 Å². The van der Waals surface area contributed by atoms with E-state index in [1.807, 2.05) is 20.1 Å². The fourth-order valence-corrected chi connectivity index (χ4v) is 2.93. The number of amides is 4. The van der Waals surface area contributed by atoms with Gasteiger partial charge in [-0.3, -0.25) is 19.2 Å². The Morgan fingerprint density at radius 3 is 2.13 bits per heavy atom. The number of carboxylic acid groups (broad SMARTS) is 1. The highest BCUT2D eigenvalue weighted by Crippen LogP contribution is 2.06. The molecule has 0 saturated carbocycles. The van der Waals surface area contributed by atoms with E-state index in [9.17, 15) is 24.0 Å². The van der Waals surface area contributed by atoms with Crippen molar-refractivity contribution in [2.75, 3.05) is 18.6 Å². The molecule has 4 amide bonds. The Kier molecular flexibility index (Phi) is 13.5. The van der Waals surface area contributed by atoms with E-state index < -0.39 is 54.3 Å². The summed E-state index contributed by atoms with van der Waals surface area (Å²) >= 11 is 1.56. The highest BCUT2D eigenvalue weighted by molar-refractivity contribution is 7.98. The Labute approximate surface area is 180 Å². The lowest BCUT2D eigenvalue weighted by Crippen LogP contribution is -2.54. The summed E-state index contributed by atoms with van der Waals surface area (Å²) in [6, 6.07) is -2.93. The average Bonchev–Trinajstić information content (AvgIpc) is 2.65. The number of carboxylic acids is 1. The van der Waals surface area contributed by atoms with Crippen molar-refractivity contribution in [3.63, 3.8) is 0 Å². The number of primary amides is 1. The lowest BCUT2D eigenvalue weighted by molar-refractivity contribution is -0.142. The van der Waals surface area contributed by atoms with Crippen LogP contribution in [-0.2, 0) is 24.0 Å². The maximum absolute atomic E-state index is 12.5. The summed E-state index contributed by atoms with van der Waals surface area (Å²) in [6.07, 6.45) is 2.33. The van der Waals surface area contributed by atoms with E-state index in [-0.39, 0.29) is 18.8 Å². The SMILES string of the molecule is CSCCC(N)C(=O)NC(CC(C)C)C(=O)NCC(=O)NC(CCC(N)=O)C(=O)O. The fraction of sp³-hybridized carbons (Fsp3) is 0.722. The second kappa shape index (κ2) is 14.6. The van der Waals surface area contributed by atoms with Gasteiger partial charge >= 0.3 is 5.97 Å². The summed E-state index contributed by atoms with van der Waals surface area (Å²) in [6.45, 7) is 3.27. The number of thioether (sulfide) groups is 1. The van der Waals surface area contributed by atoms with Crippen LogP contribution in [-0.4, -0.2) is 71.4 Å². The molecule has 30 heavy (non-hydrogen) atoms. The molecule has 0 aromatic rings. The molecule has 3 atom stereocenters. The average molecular weight is 448 g/mol. The van der Waals surface area contributed by atoms with E-state index in [2.05, 4.69) is 16.0 Å². The highest BCUT2D eigenvalue weighted by atomic mass is 32.2. The molecular weight excluding hydrogens is 414 g/mol. The van der Waals surface area contributed by atoms with Crippen LogP contribution in [0.1, 0.15) is 39.5 Å². The van der Waals surface area contributed by atoms with Crippen LogP contribution < -0.4 is 27.4 Å². The molecule has 0 aliphatic rings. The molecule has 0 bridgehead atoms. The van der Waals surface area contributed by atoms with E-state index in [1.165, 1.54) is 0 Å². The van der Waals surface area contributed by atoms with Gasteiger partial charge in [0, 0.05) is 6.42 Å². The minimum Gasteiger partial charge on any atom is -0.480 e. The second-order valence-corrected chi connectivity index (χ2v) is 8.25. The van der Waals surface area contributed by atoms with Gasteiger partial charge < -0.3 is 32.5 Å². The van der Waals surface area contributed by atoms with Gasteiger partial charge in [0.1, 0.15) is 12.1 Å². The number of carbonyl (C=O) groups excluding carboxylic acids is 4. The molecule has 0 rings (SSSR count). The first kappa shape index (κ1) is 27.7. The molecule has 0 heterocycles. The predicted molar refractivity (Wildman–Crippen MR) is 113 cm³/mol. The molecule has 12 heteroatoms. The Hall–Kier alpha value is -2.34. The van der Waals surface area contributed by atoms with Gasteiger partial charge in [0.15, 0.2) is 0 Å². The van der Waals surface area contributed by atoms with E-state index in [0.717, 1.165) is 0 Å². The van der Waals surface area contributed by atoms with Crippen LogP contribution >= 0.6 is 11.8 Å². The van der Waals surface area contributed by atoms with E-state index in [1.54, 1.807) is 11.8 Å². The molecule has 172 valence electrons. The first-order valence-corrected chi connectivity index (χ1v) is 11.0. The van der Waals surface area contributed by atoms with Crippen molar-refractivity contribution < 1.29 is 29.1 Å². The van der Waals surface area contributed by atoms with Gasteiger partial charge in [0.25, 0.3) is 0 Å². The molecule has 11 nitrogen and oxygen atoms in total. The monoisotopic (exact) mass is 447 g/mol. The lowest BCUT2D eigenvalue weighted by atomic mass is 10.0. The molecule has 0 aliphatic carbocycles. The molecule has 0 spiro atoms. The van der Waals surface area contributed by atoms with E-state index in [4.69, 9.17) is 16.6 Å². The summed E-state index contributed by atoms with van der Waals surface area (Å²) in [5.41, 5.74) is 10.8. The van der Waals surface area contributed by atoms with Crippen LogP contribution in [0.2, 0.25) is 0 Å². The molecule has 8 N–H and O–H groups in total. The number of hydrogen-bond acceptors (Lipinski definition) is 7. The second-order valence-electron chi connectivity index (χ2n) is 7.26. The quantitative estimate of drug-likeness (QED) is 0.175. The Morgan fingerprint density at radius 2 is 1.63 bits per heavy atom. The lowest BCUT2D eigenvalue weighted by Gasteiger charge is -2.22. The summed E-state index contributed by atoms with van der Waals surface area (Å²) in [4.78, 5) is 58.6. The molecule has 0 aromatic heterocycles. The molecule has 0 fully saturated rings. The van der Waals surface area contributed by atoms with Crippen LogP contribution in [0.15, 0.2) is 0 Å². The zero-order chi connectivity index (χ0) is 23.3. The summed E-state index contributed by atoms with van der Waals surface area (Å²) in [7, 11) is 0. The number of rotatable bonds is 15. The molecule has 0 aliphatic heterocycles. The fourth-order valence-electron chi connectivity index (χ4n) is 2.44. The van der Waals surface area contributed by atoms with Crippen LogP contribution in [0.5, 0.6) is 0 Å². The third-order valence-electron chi connectivity index (χ3n) is 4.05. The Morgan fingerprint density at radius 1 is 1.00 bits per heavy atom. The smallest absolute Gasteiger partial charge is 0.326 e. The van der Waals surface area contributed by atoms with Crippen LogP contribution in [0, 0.1) is 5.92 Å². The number of hydrogen-bond donors (Lipinski definition) is 6. The maximum atomic E-state index is 12.5. The van der Waals surface area contributed by atoms with Crippen molar-refractivity contribution in [2.24, 2.45) is 17.4 Å². The maximum Gasteiger partial charge on any atom is 0.326 e. The first-order valence-electron chi connectivity index (χ1n) is 9.60. The summed E-state index contributed by atoms with van der Waals surface area (Å²) < 4.78 is 0. The summed E-state index contributed by atoms with van der Waals surface area (Å²) in [5.74, 6) is -2.99. The van der Waals surface area contributed by atoms with Crippen molar-refractivity contribution in [3.8, 4) is 0 Å². The Bertz CT molecular complexity index is 616. The zero-order valence-electron chi connectivity index (χ0n) is 17.6. The van der Waals surface area contributed by atoms with Crippen molar-refractivity contribution in [2.45, 2.75) is 57.7 Å². The summed E-state index contributed by atoms with van der Waals surface area (Å²) in [5, 5.41) is 16.3. The standard InChI is InChI=1S/C18H33N5O6S/c1-10(2)8-13(23-16(26)11(19)6-7-30-3)17(27)21-9-15(25)22-12(18(28)29)4-5-14(20)24/h10-13H,4-9,19H2,1-3H3,(H2,20,24)(H,21,27)(H,22,25)(H,23,26)(H,28,29). The topological polar surface area (TPSA) is 194 Å². The predicted octanol–water partition coefficient (Wildman–Crippen LogP) is -1.45. The van der Waals surface area contributed by atoms with Crippen molar-refractivity contribution in [3.05, 3.63) is 0 Å². The van der Waals surface area contributed by atoms with Gasteiger partial charge in [0.05, 0.1) is 12.6 Å². The minimum absolute atomic E-state index is 0.0856. The molecule has 0 saturated heterocycles. The number of nitrogens with two attached hydrogens (primary N) is 2. The van der Waals surface area contributed by atoms with E-state index >= 15 is 0 Å². The van der Waals surface area contributed by atoms with Crippen molar-refractivity contribution >= 4 is 41.4 Å². The molecule has 0 radical (unpaired) electrons. The van der Waals surface area contributed by atoms with Crippen LogP contribution in [0.25, 0.3) is 0 Å².